The highest BCUT2D eigenvalue weighted by molar-refractivity contribution is 5.95. The number of aromatic nitrogens is 3. The van der Waals surface area contributed by atoms with Gasteiger partial charge in [0.15, 0.2) is 0 Å². The number of esters is 1. The summed E-state index contributed by atoms with van der Waals surface area (Å²) in [5, 5.41) is 10.1. The Kier molecular flexibility index (Phi) is 3.09. The summed E-state index contributed by atoms with van der Waals surface area (Å²) in [4.78, 5) is 20.0. The molecule has 3 rings (SSSR count). The van der Waals surface area contributed by atoms with Gasteiger partial charge in [0.25, 0.3) is 0 Å². The van der Waals surface area contributed by atoms with E-state index in [-0.39, 0.29) is 0 Å². The van der Waals surface area contributed by atoms with Gasteiger partial charge in [-0.1, -0.05) is 6.07 Å². The molecule has 0 unspecified atom stereocenters. The van der Waals surface area contributed by atoms with Crippen LogP contribution in [0.4, 0.5) is 0 Å². The fourth-order valence-electron chi connectivity index (χ4n) is 2.15. The number of fused-ring (bicyclic) bond motifs is 1. The predicted molar refractivity (Wildman–Crippen MR) is 74.9 cm³/mol. The van der Waals surface area contributed by atoms with Gasteiger partial charge in [-0.3, -0.25) is 4.57 Å². The van der Waals surface area contributed by atoms with Gasteiger partial charge in [-0.25, -0.2) is 14.8 Å². The van der Waals surface area contributed by atoms with E-state index in [1.54, 1.807) is 47.3 Å². The van der Waals surface area contributed by atoms with Crippen LogP contribution in [-0.2, 0) is 4.74 Å². The number of ether oxygens (including phenoxy) is 1. The van der Waals surface area contributed by atoms with Gasteiger partial charge in [-0.05, 0) is 24.3 Å². The fourth-order valence-corrected chi connectivity index (χ4v) is 2.15. The van der Waals surface area contributed by atoms with Crippen LogP contribution in [0.2, 0.25) is 0 Å². The molecule has 1 aromatic carbocycles. The first-order valence-corrected chi connectivity index (χ1v) is 6.16. The van der Waals surface area contributed by atoms with Gasteiger partial charge in [0.05, 0.1) is 18.2 Å². The second-order valence-corrected chi connectivity index (χ2v) is 4.29. The smallest absolute Gasteiger partial charge is 0.337 e. The summed E-state index contributed by atoms with van der Waals surface area (Å²) in [5.41, 5.74) is 1.49. The molecule has 6 nitrogen and oxygen atoms in total. The third-order valence-corrected chi connectivity index (χ3v) is 3.09. The third-order valence-electron chi connectivity index (χ3n) is 3.09. The number of nitrogens with zero attached hydrogens (tertiary/aromatic N) is 4. The molecule has 102 valence electrons. The summed E-state index contributed by atoms with van der Waals surface area (Å²) in [7, 11) is 1.33. The summed E-state index contributed by atoms with van der Waals surface area (Å²) in [6.45, 7) is 0. The molecule has 6 heteroatoms. The van der Waals surface area contributed by atoms with Crippen molar-refractivity contribution in [1.82, 2.24) is 14.5 Å². The second kappa shape index (κ2) is 5.06. The van der Waals surface area contributed by atoms with Crippen LogP contribution in [0.3, 0.4) is 0 Å². The normalized spacial score (nSPS) is 10.3. The zero-order chi connectivity index (χ0) is 14.8. The minimum Gasteiger partial charge on any atom is -0.465 e. The molecule has 2 heterocycles. The van der Waals surface area contributed by atoms with Crippen LogP contribution in [0.5, 0.6) is 0 Å². The molecule has 0 amide bonds. The largest absolute Gasteiger partial charge is 0.465 e. The first-order chi connectivity index (χ1) is 10.2. The van der Waals surface area contributed by atoms with Crippen molar-refractivity contribution in [3.63, 3.8) is 0 Å². The minimum absolute atomic E-state index is 0.381. The van der Waals surface area contributed by atoms with Gasteiger partial charge in [0.2, 0.25) is 5.95 Å². The molecule has 0 saturated carbocycles. The van der Waals surface area contributed by atoms with E-state index < -0.39 is 5.97 Å². The van der Waals surface area contributed by atoms with E-state index in [0.29, 0.717) is 22.7 Å². The lowest BCUT2D eigenvalue weighted by Gasteiger charge is -2.05. The van der Waals surface area contributed by atoms with Crippen LogP contribution >= 0.6 is 0 Å². The van der Waals surface area contributed by atoms with E-state index in [1.807, 2.05) is 0 Å². The van der Waals surface area contributed by atoms with E-state index >= 15 is 0 Å². The maximum Gasteiger partial charge on any atom is 0.337 e. The number of nitriles is 1. The van der Waals surface area contributed by atoms with Gasteiger partial charge < -0.3 is 4.74 Å². The Bertz CT molecular complexity index is 863. The Balaban J connectivity index is 2.31. The Morgan fingerprint density at radius 3 is 2.71 bits per heavy atom. The molecule has 0 aliphatic carbocycles. The number of rotatable bonds is 2. The topological polar surface area (TPSA) is 80.8 Å². The zero-order valence-electron chi connectivity index (χ0n) is 11.1. The molecule has 0 radical (unpaired) electrons. The minimum atomic E-state index is -0.433. The summed E-state index contributed by atoms with van der Waals surface area (Å²) in [5.74, 6) is -0.0526. The highest BCUT2D eigenvalue weighted by atomic mass is 16.5. The van der Waals surface area contributed by atoms with Crippen molar-refractivity contribution in [2.75, 3.05) is 7.11 Å². The number of hydrogen-bond acceptors (Lipinski definition) is 5. The number of carbonyl (C=O) groups is 1. The standard InChI is InChI=1S/C15H10N4O2/c1-21-14(20)11-4-3-10-7-12(9-16)19(13(10)8-11)15-17-5-2-6-18-15/h2-8H,1H3. The van der Waals surface area contributed by atoms with Gasteiger partial charge in [0, 0.05) is 17.8 Å². The van der Waals surface area contributed by atoms with Crippen molar-refractivity contribution in [3.05, 3.63) is 54.0 Å². The van der Waals surface area contributed by atoms with Gasteiger partial charge in [-0.2, -0.15) is 5.26 Å². The van der Waals surface area contributed by atoms with Gasteiger partial charge in [0.1, 0.15) is 11.8 Å². The molecule has 3 aromatic rings. The maximum atomic E-state index is 11.7. The summed E-state index contributed by atoms with van der Waals surface area (Å²) in [6, 6.07) is 10.6. The van der Waals surface area contributed by atoms with Gasteiger partial charge in [-0.15, -0.1) is 0 Å². The summed E-state index contributed by atoms with van der Waals surface area (Å²) in [6.07, 6.45) is 3.19. The first kappa shape index (κ1) is 12.8. The predicted octanol–water partition coefficient (Wildman–Crippen LogP) is 2.08. The molecule has 0 aliphatic rings. The van der Waals surface area contributed by atoms with E-state index in [2.05, 4.69) is 16.0 Å². The van der Waals surface area contributed by atoms with E-state index in [1.165, 1.54) is 7.11 Å². The van der Waals surface area contributed by atoms with Crippen molar-refractivity contribution in [3.8, 4) is 12.0 Å². The Morgan fingerprint density at radius 2 is 2.05 bits per heavy atom. The van der Waals surface area contributed by atoms with Gasteiger partial charge >= 0.3 is 5.97 Å². The molecule has 0 saturated heterocycles. The molecule has 0 bridgehead atoms. The van der Waals surface area contributed by atoms with Crippen molar-refractivity contribution in [1.29, 1.82) is 5.26 Å². The number of methoxy groups -OCH3 is 1. The fraction of sp³-hybridized carbons (Fsp3) is 0.0667. The van der Waals surface area contributed by atoms with Crippen LogP contribution in [-0.4, -0.2) is 27.6 Å². The second-order valence-electron chi connectivity index (χ2n) is 4.29. The molecule has 21 heavy (non-hydrogen) atoms. The highest BCUT2D eigenvalue weighted by Gasteiger charge is 2.14. The van der Waals surface area contributed by atoms with Crippen molar-refractivity contribution >= 4 is 16.9 Å². The summed E-state index contributed by atoms with van der Waals surface area (Å²) < 4.78 is 6.33. The van der Waals surface area contributed by atoms with E-state index in [4.69, 9.17) is 4.74 Å². The first-order valence-electron chi connectivity index (χ1n) is 6.16. The molecule has 0 atom stereocenters. The monoisotopic (exact) mass is 278 g/mol. The quantitative estimate of drug-likeness (QED) is 0.670. The lowest BCUT2D eigenvalue weighted by Crippen LogP contribution is -2.04. The van der Waals surface area contributed by atoms with E-state index in [9.17, 15) is 10.1 Å². The third kappa shape index (κ3) is 2.11. The molecule has 0 fully saturated rings. The Hall–Kier alpha value is -3.20. The number of benzene rings is 1. The number of hydrogen-bond donors (Lipinski definition) is 0. The average molecular weight is 278 g/mol. The molecule has 0 N–H and O–H groups in total. The van der Waals surface area contributed by atoms with Crippen molar-refractivity contribution < 1.29 is 9.53 Å². The molecular formula is C15H10N4O2. The van der Waals surface area contributed by atoms with Crippen LogP contribution in [0, 0.1) is 11.3 Å². The van der Waals surface area contributed by atoms with Crippen LogP contribution in [0.25, 0.3) is 16.9 Å². The SMILES string of the molecule is COC(=O)c1ccc2cc(C#N)n(-c3ncccn3)c2c1. The molecule has 2 aromatic heterocycles. The maximum absolute atomic E-state index is 11.7. The van der Waals surface area contributed by atoms with E-state index in [0.717, 1.165) is 5.39 Å². The average Bonchev–Trinajstić information content (AvgIpc) is 2.92. The Morgan fingerprint density at radius 1 is 1.29 bits per heavy atom. The van der Waals surface area contributed by atoms with Crippen LogP contribution in [0.15, 0.2) is 42.7 Å². The van der Waals surface area contributed by atoms with Crippen molar-refractivity contribution in [2.24, 2.45) is 0 Å². The highest BCUT2D eigenvalue weighted by Crippen LogP contribution is 2.23. The lowest BCUT2D eigenvalue weighted by molar-refractivity contribution is 0.0601. The van der Waals surface area contributed by atoms with Crippen molar-refractivity contribution in [2.45, 2.75) is 0 Å². The number of carbonyl (C=O) groups excluding carboxylic acids is 1. The molecule has 0 aliphatic heterocycles. The van der Waals surface area contributed by atoms with Crippen LogP contribution < -0.4 is 0 Å². The molecule has 0 spiro atoms. The lowest BCUT2D eigenvalue weighted by atomic mass is 10.1. The van der Waals surface area contributed by atoms with Crippen LogP contribution in [0.1, 0.15) is 16.1 Å². The Labute approximate surface area is 120 Å². The molecular weight excluding hydrogens is 268 g/mol. The zero-order valence-corrected chi connectivity index (χ0v) is 11.1. The summed E-state index contributed by atoms with van der Waals surface area (Å²) >= 11 is 0.